The minimum Gasteiger partial charge on any atom is -0.388 e. The van der Waals surface area contributed by atoms with Gasteiger partial charge in [-0.3, -0.25) is 0 Å². The highest BCUT2D eigenvalue weighted by atomic mass is 19.4. The van der Waals surface area contributed by atoms with Crippen LogP contribution in [0.2, 0.25) is 0 Å². The molecule has 2 rings (SSSR count). The molecule has 0 bridgehead atoms. The van der Waals surface area contributed by atoms with Crippen molar-refractivity contribution in [3.63, 3.8) is 0 Å². The van der Waals surface area contributed by atoms with E-state index in [1.165, 1.54) is 22.8 Å². The fourth-order valence-corrected chi connectivity index (χ4v) is 2.22. The van der Waals surface area contributed by atoms with Gasteiger partial charge in [0.1, 0.15) is 6.61 Å². The third-order valence-electron chi connectivity index (χ3n) is 3.02. The van der Waals surface area contributed by atoms with Crippen molar-refractivity contribution in [1.29, 1.82) is 0 Å². The van der Waals surface area contributed by atoms with Crippen molar-refractivity contribution in [3.05, 3.63) is 35.7 Å². The second kappa shape index (κ2) is 5.14. The number of nitrogens with zero attached hydrogens (tertiary/aromatic N) is 3. The number of aliphatic hydroxyl groups excluding tert-OH is 1. The van der Waals surface area contributed by atoms with Crippen molar-refractivity contribution in [2.24, 2.45) is 0 Å². The summed E-state index contributed by atoms with van der Waals surface area (Å²) in [5.74, 6) is 0.328. The van der Waals surface area contributed by atoms with Crippen LogP contribution >= 0.6 is 0 Å². The Balaban J connectivity index is 2.73. The van der Waals surface area contributed by atoms with E-state index in [0.717, 1.165) is 6.07 Å². The lowest BCUT2D eigenvalue weighted by molar-refractivity contribution is -0.137. The Bertz CT molecular complexity index is 642. The molecule has 4 nitrogen and oxygen atoms in total. The number of benzene rings is 1. The van der Waals surface area contributed by atoms with E-state index in [1.54, 1.807) is 0 Å². The summed E-state index contributed by atoms with van der Waals surface area (Å²) in [4.78, 5) is 0. The summed E-state index contributed by atoms with van der Waals surface area (Å²) in [5.41, 5.74) is -1.38. The van der Waals surface area contributed by atoms with Gasteiger partial charge in [-0.15, -0.1) is 10.2 Å². The fraction of sp³-hybridized carbons (Fsp3) is 0.429. The molecule has 21 heavy (non-hydrogen) atoms. The monoisotopic (exact) mass is 299 g/mol. The van der Waals surface area contributed by atoms with Crippen LogP contribution in [0.15, 0.2) is 24.3 Å². The average Bonchev–Trinajstić information content (AvgIpc) is 2.81. The van der Waals surface area contributed by atoms with Crippen LogP contribution in [0.5, 0.6) is 0 Å². The Kier molecular flexibility index (Phi) is 3.79. The van der Waals surface area contributed by atoms with Gasteiger partial charge in [0, 0.05) is 11.1 Å². The molecule has 0 fully saturated rings. The first kappa shape index (κ1) is 15.5. The molecule has 0 radical (unpaired) electrons. The summed E-state index contributed by atoms with van der Waals surface area (Å²) in [7, 11) is 0. The molecule has 0 aliphatic rings. The molecule has 1 aromatic carbocycles. The molecule has 0 unspecified atom stereocenters. The van der Waals surface area contributed by atoms with E-state index in [9.17, 15) is 18.3 Å². The molecule has 0 saturated heterocycles. The van der Waals surface area contributed by atoms with Crippen molar-refractivity contribution < 1.29 is 18.3 Å². The first-order valence-electron chi connectivity index (χ1n) is 6.38. The molecular formula is C14H16F3N3O. The molecule has 114 valence electrons. The summed E-state index contributed by atoms with van der Waals surface area (Å²) >= 11 is 0. The smallest absolute Gasteiger partial charge is 0.388 e. The summed E-state index contributed by atoms with van der Waals surface area (Å²) in [6.45, 7) is 5.05. The first-order chi connectivity index (χ1) is 9.66. The quantitative estimate of drug-likeness (QED) is 0.926. The number of aromatic nitrogens is 3. The van der Waals surface area contributed by atoms with E-state index in [-0.39, 0.29) is 17.2 Å². The highest BCUT2D eigenvalue weighted by molar-refractivity contribution is 5.62. The molecule has 0 aliphatic carbocycles. The van der Waals surface area contributed by atoms with Gasteiger partial charge in [-0.1, -0.05) is 18.2 Å². The second-order valence-corrected chi connectivity index (χ2v) is 5.65. The number of hydrogen-bond acceptors (Lipinski definition) is 3. The Morgan fingerprint density at radius 1 is 1.10 bits per heavy atom. The molecule has 2 aromatic rings. The van der Waals surface area contributed by atoms with Gasteiger partial charge in [0.15, 0.2) is 11.6 Å². The summed E-state index contributed by atoms with van der Waals surface area (Å²) in [6.07, 6.45) is -4.48. The van der Waals surface area contributed by atoms with Crippen LogP contribution in [-0.2, 0) is 18.3 Å². The van der Waals surface area contributed by atoms with E-state index < -0.39 is 23.9 Å². The maximum absolute atomic E-state index is 13.1. The number of halogens is 3. The van der Waals surface area contributed by atoms with Crippen LogP contribution in [0.1, 0.15) is 32.2 Å². The van der Waals surface area contributed by atoms with Gasteiger partial charge in [-0.05, 0) is 26.8 Å². The van der Waals surface area contributed by atoms with Crippen LogP contribution in [0, 0.1) is 0 Å². The Hall–Kier alpha value is -1.89. The van der Waals surface area contributed by atoms with Gasteiger partial charge >= 0.3 is 6.18 Å². The topological polar surface area (TPSA) is 50.9 Å². The molecule has 0 amide bonds. The predicted molar refractivity (Wildman–Crippen MR) is 71.4 cm³/mol. The van der Waals surface area contributed by atoms with Crippen molar-refractivity contribution in [2.45, 2.75) is 39.1 Å². The third-order valence-corrected chi connectivity index (χ3v) is 3.02. The zero-order valence-corrected chi connectivity index (χ0v) is 11.9. The van der Waals surface area contributed by atoms with Crippen molar-refractivity contribution >= 4 is 0 Å². The molecule has 1 aromatic heterocycles. The standard InChI is InChI=1S/C14H16F3N3O/c1-13(2,3)20-11(8-21)18-19-12(20)9-6-4-5-7-10(9)14(15,16)17/h4-7,21H,8H2,1-3H3. The lowest BCUT2D eigenvalue weighted by atomic mass is 10.0. The van der Waals surface area contributed by atoms with Crippen LogP contribution in [0.4, 0.5) is 13.2 Å². The van der Waals surface area contributed by atoms with Crippen molar-refractivity contribution in [3.8, 4) is 11.4 Å². The third kappa shape index (κ3) is 2.92. The SMILES string of the molecule is CC(C)(C)n1c(CO)nnc1-c1ccccc1C(F)(F)F. The second-order valence-electron chi connectivity index (χ2n) is 5.65. The zero-order chi connectivity index (χ0) is 15.8. The minimum absolute atomic E-state index is 0.0490. The number of hydrogen-bond donors (Lipinski definition) is 1. The zero-order valence-electron chi connectivity index (χ0n) is 11.9. The van der Waals surface area contributed by atoms with Gasteiger partial charge in [-0.2, -0.15) is 13.2 Å². The van der Waals surface area contributed by atoms with Gasteiger partial charge in [0.05, 0.1) is 5.56 Å². The summed E-state index contributed by atoms with van der Waals surface area (Å²) in [5, 5.41) is 17.0. The van der Waals surface area contributed by atoms with Crippen LogP contribution in [0.25, 0.3) is 11.4 Å². The molecule has 0 saturated carbocycles. The number of rotatable bonds is 2. The van der Waals surface area contributed by atoms with E-state index in [2.05, 4.69) is 10.2 Å². The summed E-state index contributed by atoms with van der Waals surface area (Å²) in [6, 6.07) is 5.22. The lowest BCUT2D eigenvalue weighted by Gasteiger charge is -2.25. The number of aliphatic hydroxyl groups is 1. The fourth-order valence-electron chi connectivity index (χ4n) is 2.22. The van der Waals surface area contributed by atoms with E-state index in [1.807, 2.05) is 20.8 Å². The predicted octanol–water partition coefficient (Wildman–Crippen LogP) is 3.21. The molecule has 1 heterocycles. The number of alkyl halides is 3. The van der Waals surface area contributed by atoms with Gasteiger partial charge in [-0.25, -0.2) is 0 Å². The minimum atomic E-state index is -4.48. The van der Waals surface area contributed by atoms with Crippen LogP contribution in [-0.4, -0.2) is 19.9 Å². The first-order valence-corrected chi connectivity index (χ1v) is 6.38. The molecule has 0 spiro atoms. The molecule has 7 heteroatoms. The van der Waals surface area contributed by atoms with Gasteiger partial charge in [0.25, 0.3) is 0 Å². The molecule has 1 N–H and O–H groups in total. The van der Waals surface area contributed by atoms with Gasteiger partial charge < -0.3 is 9.67 Å². The summed E-state index contributed by atoms with van der Waals surface area (Å²) < 4.78 is 41.0. The van der Waals surface area contributed by atoms with Crippen LogP contribution < -0.4 is 0 Å². The van der Waals surface area contributed by atoms with E-state index in [4.69, 9.17) is 0 Å². The molecular weight excluding hydrogens is 283 g/mol. The maximum Gasteiger partial charge on any atom is 0.417 e. The van der Waals surface area contributed by atoms with E-state index in [0.29, 0.717) is 0 Å². The molecule has 0 atom stereocenters. The maximum atomic E-state index is 13.1. The Labute approximate surface area is 120 Å². The van der Waals surface area contributed by atoms with Crippen molar-refractivity contribution in [1.82, 2.24) is 14.8 Å². The largest absolute Gasteiger partial charge is 0.417 e. The van der Waals surface area contributed by atoms with Gasteiger partial charge in [0.2, 0.25) is 0 Å². The van der Waals surface area contributed by atoms with Crippen LogP contribution in [0.3, 0.4) is 0 Å². The Morgan fingerprint density at radius 2 is 1.71 bits per heavy atom. The highest BCUT2D eigenvalue weighted by Crippen LogP contribution is 2.37. The highest BCUT2D eigenvalue weighted by Gasteiger charge is 2.35. The normalized spacial score (nSPS) is 12.7. The average molecular weight is 299 g/mol. The van der Waals surface area contributed by atoms with Crippen molar-refractivity contribution in [2.75, 3.05) is 0 Å². The Morgan fingerprint density at radius 3 is 2.24 bits per heavy atom. The van der Waals surface area contributed by atoms with E-state index >= 15 is 0 Å². The molecule has 0 aliphatic heterocycles. The lowest BCUT2D eigenvalue weighted by Crippen LogP contribution is -2.25.